The van der Waals surface area contributed by atoms with Crippen molar-refractivity contribution in [3.8, 4) is 5.75 Å². The summed E-state index contributed by atoms with van der Waals surface area (Å²) in [6.45, 7) is 1.70. The Kier molecular flexibility index (Phi) is 3.24. The lowest BCUT2D eigenvalue weighted by Crippen LogP contribution is -2.17. The van der Waals surface area contributed by atoms with Crippen molar-refractivity contribution >= 4 is 5.70 Å². The third-order valence-corrected chi connectivity index (χ3v) is 1.71. The van der Waals surface area contributed by atoms with Gasteiger partial charge in [0.15, 0.2) is 0 Å². The van der Waals surface area contributed by atoms with Crippen LogP contribution in [0.2, 0.25) is 0 Å². The fourth-order valence-corrected chi connectivity index (χ4v) is 1.04. The maximum absolute atomic E-state index is 11.9. The molecule has 0 amide bonds. The molecule has 0 aromatic heterocycles. The zero-order valence-corrected chi connectivity index (χ0v) is 8.01. The normalized spacial score (nSPS) is 12.7. The second-order valence-corrected chi connectivity index (χ2v) is 2.82. The average molecular weight is 217 g/mol. The van der Waals surface area contributed by atoms with Crippen molar-refractivity contribution in [2.24, 2.45) is 5.73 Å². The zero-order valence-electron chi connectivity index (χ0n) is 8.01. The first kappa shape index (κ1) is 11.4. The van der Waals surface area contributed by atoms with Crippen LogP contribution in [-0.4, -0.2) is 6.36 Å². The van der Waals surface area contributed by atoms with E-state index in [0.717, 1.165) is 0 Å². The minimum absolute atomic E-state index is 0.273. The molecule has 0 atom stereocenters. The Morgan fingerprint density at radius 2 is 2.07 bits per heavy atom. The topological polar surface area (TPSA) is 35.2 Å². The molecular formula is C10H10F3NO. The zero-order chi connectivity index (χ0) is 11.5. The van der Waals surface area contributed by atoms with Gasteiger partial charge in [0.2, 0.25) is 0 Å². The summed E-state index contributed by atoms with van der Waals surface area (Å²) in [5, 5.41) is 0. The van der Waals surface area contributed by atoms with Crippen LogP contribution in [-0.2, 0) is 0 Å². The first-order valence-corrected chi connectivity index (χ1v) is 4.20. The van der Waals surface area contributed by atoms with Crippen LogP contribution >= 0.6 is 0 Å². The number of benzene rings is 1. The lowest BCUT2D eigenvalue weighted by molar-refractivity contribution is -0.274. The largest absolute Gasteiger partial charge is 0.573 e. The molecule has 1 rings (SSSR count). The fourth-order valence-electron chi connectivity index (χ4n) is 1.04. The molecule has 0 aliphatic rings. The standard InChI is InChI=1S/C10H10F3NO/c1-2-9(14)7-4-3-5-8(6-7)15-10(11,12)13/h2-6H,14H2,1H3/b9-2-. The van der Waals surface area contributed by atoms with E-state index < -0.39 is 6.36 Å². The highest BCUT2D eigenvalue weighted by molar-refractivity contribution is 5.63. The van der Waals surface area contributed by atoms with Crippen molar-refractivity contribution in [2.75, 3.05) is 0 Å². The van der Waals surface area contributed by atoms with Crippen LogP contribution in [0.5, 0.6) is 5.75 Å². The highest BCUT2D eigenvalue weighted by Crippen LogP contribution is 2.24. The van der Waals surface area contributed by atoms with Gasteiger partial charge in [-0.2, -0.15) is 0 Å². The molecule has 5 heteroatoms. The number of halogens is 3. The summed E-state index contributed by atoms with van der Waals surface area (Å²) < 4.78 is 39.4. The second kappa shape index (κ2) is 4.25. The van der Waals surface area contributed by atoms with Gasteiger partial charge < -0.3 is 10.5 Å². The van der Waals surface area contributed by atoms with E-state index in [2.05, 4.69) is 4.74 Å². The van der Waals surface area contributed by atoms with Gasteiger partial charge in [0, 0.05) is 11.3 Å². The van der Waals surface area contributed by atoms with Crippen molar-refractivity contribution in [1.29, 1.82) is 0 Å². The molecule has 0 bridgehead atoms. The Bertz CT molecular complexity index is 371. The number of rotatable bonds is 2. The SMILES string of the molecule is C/C=C(\N)c1cccc(OC(F)(F)F)c1. The summed E-state index contributed by atoms with van der Waals surface area (Å²) in [5.41, 5.74) is 6.46. The Labute approximate surface area is 85.2 Å². The summed E-state index contributed by atoms with van der Waals surface area (Å²) in [6, 6.07) is 5.52. The van der Waals surface area contributed by atoms with E-state index >= 15 is 0 Å². The predicted octanol–water partition coefficient (Wildman–Crippen LogP) is 2.90. The number of ether oxygens (including phenoxy) is 1. The van der Waals surface area contributed by atoms with E-state index in [1.807, 2.05) is 0 Å². The van der Waals surface area contributed by atoms with E-state index in [-0.39, 0.29) is 5.75 Å². The Morgan fingerprint density at radius 3 is 2.60 bits per heavy atom. The minimum atomic E-state index is -4.68. The average Bonchev–Trinajstić information content (AvgIpc) is 2.14. The number of allylic oxidation sites excluding steroid dienone is 1. The molecular weight excluding hydrogens is 207 g/mol. The van der Waals surface area contributed by atoms with Crippen LogP contribution in [0.4, 0.5) is 13.2 Å². The van der Waals surface area contributed by atoms with Gasteiger partial charge in [0.25, 0.3) is 0 Å². The van der Waals surface area contributed by atoms with Gasteiger partial charge in [-0.25, -0.2) is 0 Å². The van der Waals surface area contributed by atoms with Crippen molar-refractivity contribution in [3.63, 3.8) is 0 Å². The summed E-state index contributed by atoms with van der Waals surface area (Å²) in [6.07, 6.45) is -3.07. The first-order chi connectivity index (χ1) is 6.92. The fraction of sp³-hybridized carbons (Fsp3) is 0.200. The quantitative estimate of drug-likeness (QED) is 0.826. The molecule has 0 saturated carbocycles. The Balaban J connectivity index is 2.93. The highest BCUT2D eigenvalue weighted by atomic mass is 19.4. The van der Waals surface area contributed by atoms with Crippen LogP contribution in [0.1, 0.15) is 12.5 Å². The number of hydrogen-bond acceptors (Lipinski definition) is 2. The van der Waals surface area contributed by atoms with Gasteiger partial charge in [0.05, 0.1) is 0 Å². The number of hydrogen-bond donors (Lipinski definition) is 1. The number of alkyl halides is 3. The summed E-state index contributed by atoms with van der Waals surface area (Å²) >= 11 is 0. The van der Waals surface area contributed by atoms with E-state index in [9.17, 15) is 13.2 Å². The number of nitrogens with two attached hydrogens (primary N) is 1. The van der Waals surface area contributed by atoms with Gasteiger partial charge in [-0.15, -0.1) is 13.2 Å². The van der Waals surface area contributed by atoms with Crippen molar-refractivity contribution in [1.82, 2.24) is 0 Å². The Hall–Kier alpha value is -1.65. The lowest BCUT2D eigenvalue weighted by atomic mass is 10.1. The van der Waals surface area contributed by atoms with Crippen LogP contribution < -0.4 is 10.5 Å². The first-order valence-electron chi connectivity index (χ1n) is 4.20. The van der Waals surface area contributed by atoms with Gasteiger partial charge >= 0.3 is 6.36 Å². The summed E-state index contributed by atoms with van der Waals surface area (Å²) in [4.78, 5) is 0. The molecule has 0 radical (unpaired) electrons. The van der Waals surface area contributed by atoms with E-state index in [0.29, 0.717) is 11.3 Å². The lowest BCUT2D eigenvalue weighted by Gasteiger charge is -2.09. The monoisotopic (exact) mass is 217 g/mol. The molecule has 82 valence electrons. The molecule has 0 saturated heterocycles. The highest BCUT2D eigenvalue weighted by Gasteiger charge is 2.31. The maximum Gasteiger partial charge on any atom is 0.573 e. The Morgan fingerprint density at radius 1 is 1.40 bits per heavy atom. The molecule has 0 fully saturated rings. The molecule has 0 heterocycles. The molecule has 2 nitrogen and oxygen atoms in total. The molecule has 1 aromatic rings. The van der Waals surface area contributed by atoms with E-state index in [1.54, 1.807) is 19.1 Å². The smallest absolute Gasteiger partial charge is 0.406 e. The van der Waals surface area contributed by atoms with Crippen molar-refractivity contribution in [2.45, 2.75) is 13.3 Å². The molecule has 1 aromatic carbocycles. The van der Waals surface area contributed by atoms with Crippen LogP contribution in [0.15, 0.2) is 30.3 Å². The van der Waals surface area contributed by atoms with Gasteiger partial charge in [0.1, 0.15) is 5.75 Å². The third kappa shape index (κ3) is 3.53. The van der Waals surface area contributed by atoms with Crippen molar-refractivity contribution < 1.29 is 17.9 Å². The van der Waals surface area contributed by atoms with Crippen LogP contribution in [0, 0.1) is 0 Å². The predicted molar refractivity (Wildman–Crippen MR) is 51.0 cm³/mol. The maximum atomic E-state index is 11.9. The van der Waals surface area contributed by atoms with Crippen LogP contribution in [0.25, 0.3) is 5.70 Å². The summed E-state index contributed by atoms with van der Waals surface area (Å²) in [7, 11) is 0. The summed E-state index contributed by atoms with van der Waals surface area (Å²) in [5.74, 6) is -0.273. The van der Waals surface area contributed by atoms with E-state index in [1.165, 1.54) is 18.2 Å². The molecule has 0 aliphatic carbocycles. The molecule has 2 N–H and O–H groups in total. The van der Waals surface area contributed by atoms with E-state index in [4.69, 9.17) is 5.73 Å². The minimum Gasteiger partial charge on any atom is -0.406 e. The van der Waals surface area contributed by atoms with Crippen molar-refractivity contribution in [3.05, 3.63) is 35.9 Å². The van der Waals surface area contributed by atoms with Gasteiger partial charge in [-0.05, 0) is 19.1 Å². The second-order valence-electron chi connectivity index (χ2n) is 2.82. The van der Waals surface area contributed by atoms with Crippen LogP contribution in [0.3, 0.4) is 0 Å². The molecule has 0 unspecified atom stereocenters. The van der Waals surface area contributed by atoms with Gasteiger partial charge in [-0.3, -0.25) is 0 Å². The third-order valence-electron chi connectivity index (χ3n) is 1.71. The molecule has 15 heavy (non-hydrogen) atoms. The molecule has 0 aliphatic heterocycles. The van der Waals surface area contributed by atoms with Gasteiger partial charge in [-0.1, -0.05) is 18.2 Å². The molecule has 0 spiro atoms.